The molecule has 1 heterocycles. The molecule has 1 unspecified atom stereocenters. The van der Waals surface area contributed by atoms with E-state index in [2.05, 4.69) is 5.32 Å². The Labute approximate surface area is 105 Å². The Balaban J connectivity index is 2.08. The Morgan fingerprint density at radius 1 is 1.44 bits per heavy atom. The molecule has 4 nitrogen and oxygen atoms in total. The number of hydrogen-bond acceptors (Lipinski definition) is 3. The van der Waals surface area contributed by atoms with E-state index in [1.807, 2.05) is 0 Å². The number of amides is 1. The molecule has 0 aliphatic carbocycles. The second-order valence-electron chi connectivity index (χ2n) is 4.55. The van der Waals surface area contributed by atoms with Crippen LogP contribution in [-0.4, -0.2) is 25.8 Å². The van der Waals surface area contributed by atoms with Crippen molar-refractivity contribution < 1.29 is 17.6 Å². The van der Waals surface area contributed by atoms with Crippen LogP contribution in [0.25, 0.3) is 0 Å². The standard InChI is InChI=1S/C12H14FNO3S/c1-8-6-10(13)2-3-11(8)14-12(15)9-4-5-18(16,17)7-9/h2-3,6,9H,4-5,7H2,1H3,(H,14,15). The summed E-state index contributed by atoms with van der Waals surface area (Å²) in [5, 5.41) is 2.65. The van der Waals surface area contributed by atoms with Gasteiger partial charge in [0.1, 0.15) is 5.82 Å². The fourth-order valence-electron chi connectivity index (χ4n) is 2.00. The average Bonchev–Trinajstić information content (AvgIpc) is 2.63. The molecule has 0 bridgehead atoms. The predicted octanol–water partition coefficient (Wildman–Crippen LogP) is 1.51. The lowest BCUT2D eigenvalue weighted by molar-refractivity contribution is -0.119. The molecule has 0 radical (unpaired) electrons. The van der Waals surface area contributed by atoms with Crippen LogP contribution in [0.3, 0.4) is 0 Å². The van der Waals surface area contributed by atoms with E-state index in [1.54, 1.807) is 6.92 Å². The van der Waals surface area contributed by atoms with Gasteiger partial charge in [-0.15, -0.1) is 0 Å². The van der Waals surface area contributed by atoms with Crippen molar-refractivity contribution in [3.05, 3.63) is 29.6 Å². The number of benzene rings is 1. The lowest BCUT2D eigenvalue weighted by Crippen LogP contribution is -2.24. The Bertz CT molecular complexity index is 583. The molecule has 1 aliphatic rings. The van der Waals surface area contributed by atoms with Crippen molar-refractivity contribution in [2.75, 3.05) is 16.8 Å². The molecular weight excluding hydrogens is 257 g/mol. The number of anilines is 1. The number of rotatable bonds is 2. The highest BCUT2D eigenvalue weighted by Crippen LogP contribution is 2.22. The number of sulfone groups is 1. The molecule has 18 heavy (non-hydrogen) atoms. The van der Waals surface area contributed by atoms with E-state index in [9.17, 15) is 17.6 Å². The third-order valence-electron chi connectivity index (χ3n) is 3.05. The molecular formula is C12H14FNO3S. The molecule has 0 spiro atoms. The van der Waals surface area contributed by atoms with Gasteiger partial charge in [0.2, 0.25) is 5.91 Å². The van der Waals surface area contributed by atoms with Crippen LogP contribution in [0.4, 0.5) is 10.1 Å². The molecule has 98 valence electrons. The zero-order valence-electron chi connectivity index (χ0n) is 9.94. The molecule has 1 saturated heterocycles. The first-order valence-electron chi connectivity index (χ1n) is 5.65. The van der Waals surface area contributed by atoms with Crippen LogP contribution in [0.2, 0.25) is 0 Å². The Hall–Kier alpha value is -1.43. The monoisotopic (exact) mass is 271 g/mol. The SMILES string of the molecule is Cc1cc(F)ccc1NC(=O)C1CCS(=O)(=O)C1. The fourth-order valence-corrected chi connectivity index (χ4v) is 3.75. The quantitative estimate of drug-likeness (QED) is 0.886. The third kappa shape index (κ3) is 2.87. The summed E-state index contributed by atoms with van der Waals surface area (Å²) >= 11 is 0. The minimum atomic E-state index is -3.07. The summed E-state index contributed by atoms with van der Waals surface area (Å²) in [6.45, 7) is 1.68. The van der Waals surface area contributed by atoms with Gasteiger partial charge in [0.15, 0.2) is 9.84 Å². The summed E-state index contributed by atoms with van der Waals surface area (Å²) in [5.74, 6) is -1.22. The van der Waals surface area contributed by atoms with Gasteiger partial charge in [-0.05, 0) is 37.1 Å². The minimum Gasteiger partial charge on any atom is -0.326 e. The highest BCUT2D eigenvalue weighted by atomic mass is 32.2. The van der Waals surface area contributed by atoms with Gasteiger partial charge >= 0.3 is 0 Å². The van der Waals surface area contributed by atoms with E-state index in [4.69, 9.17) is 0 Å². The molecule has 1 aromatic rings. The van der Waals surface area contributed by atoms with E-state index in [0.29, 0.717) is 17.7 Å². The summed E-state index contributed by atoms with van der Waals surface area (Å²) in [5.41, 5.74) is 1.13. The zero-order chi connectivity index (χ0) is 13.3. The smallest absolute Gasteiger partial charge is 0.228 e. The van der Waals surface area contributed by atoms with Gasteiger partial charge < -0.3 is 5.32 Å². The number of hydrogen-bond donors (Lipinski definition) is 1. The topological polar surface area (TPSA) is 63.2 Å². The van der Waals surface area contributed by atoms with Gasteiger partial charge in [-0.3, -0.25) is 4.79 Å². The highest BCUT2D eigenvalue weighted by molar-refractivity contribution is 7.91. The van der Waals surface area contributed by atoms with Crippen molar-refractivity contribution in [3.8, 4) is 0 Å². The van der Waals surface area contributed by atoms with E-state index in [1.165, 1.54) is 18.2 Å². The molecule has 1 fully saturated rings. The largest absolute Gasteiger partial charge is 0.326 e. The molecule has 2 rings (SSSR count). The minimum absolute atomic E-state index is 0.0630. The van der Waals surface area contributed by atoms with E-state index in [0.717, 1.165) is 0 Å². The lowest BCUT2D eigenvalue weighted by Gasteiger charge is -2.11. The Morgan fingerprint density at radius 3 is 2.72 bits per heavy atom. The number of halogens is 1. The molecule has 1 N–H and O–H groups in total. The summed E-state index contributed by atoms with van der Waals surface area (Å²) in [7, 11) is -3.07. The molecule has 0 aromatic heterocycles. The van der Waals surface area contributed by atoms with Crippen molar-refractivity contribution in [1.29, 1.82) is 0 Å². The molecule has 1 aliphatic heterocycles. The van der Waals surface area contributed by atoms with Crippen molar-refractivity contribution in [2.45, 2.75) is 13.3 Å². The summed E-state index contributed by atoms with van der Waals surface area (Å²) in [6.07, 6.45) is 0.356. The molecule has 0 saturated carbocycles. The Kier molecular flexibility index (Phi) is 3.38. The van der Waals surface area contributed by atoms with Gasteiger partial charge in [0.25, 0.3) is 0 Å². The van der Waals surface area contributed by atoms with Crippen LogP contribution in [0, 0.1) is 18.7 Å². The number of nitrogens with one attached hydrogen (secondary N) is 1. The summed E-state index contributed by atoms with van der Waals surface area (Å²) < 4.78 is 35.5. The van der Waals surface area contributed by atoms with E-state index >= 15 is 0 Å². The van der Waals surface area contributed by atoms with Crippen LogP contribution in [-0.2, 0) is 14.6 Å². The van der Waals surface area contributed by atoms with Crippen LogP contribution in [0.5, 0.6) is 0 Å². The van der Waals surface area contributed by atoms with E-state index < -0.39 is 15.8 Å². The van der Waals surface area contributed by atoms with Crippen molar-refractivity contribution in [3.63, 3.8) is 0 Å². The second kappa shape index (κ2) is 4.68. The average molecular weight is 271 g/mol. The first-order valence-corrected chi connectivity index (χ1v) is 7.47. The van der Waals surface area contributed by atoms with Gasteiger partial charge in [0, 0.05) is 5.69 Å². The van der Waals surface area contributed by atoms with Crippen LogP contribution >= 0.6 is 0 Å². The lowest BCUT2D eigenvalue weighted by atomic mass is 10.1. The fraction of sp³-hybridized carbons (Fsp3) is 0.417. The maximum Gasteiger partial charge on any atom is 0.228 e. The maximum atomic E-state index is 12.9. The first kappa shape index (κ1) is 13.0. The summed E-state index contributed by atoms with van der Waals surface area (Å²) in [6, 6.07) is 4.06. The van der Waals surface area contributed by atoms with Crippen molar-refractivity contribution in [1.82, 2.24) is 0 Å². The molecule has 6 heteroatoms. The van der Waals surface area contributed by atoms with Gasteiger partial charge in [0.05, 0.1) is 17.4 Å². The van der Waals surface area contributed by atoms with Gasteiger partial charge in [-0.1, -0.05) is 0 Å². The van der Waals surface area contributed by atoms with Crippen LogP contribution < -0.4 is 5.32 Å². The van der Waals surface area contributed by atoms with Gasteiger partial charge in [-0.25, -0.2) is 12.8 Å². The molecule has 1 atom stereocenters. The maximum absolute atomic E-state index is 12.9. The van der Waals surface area contributed by atoms with Crippen molar-refractivity contribution >= 4 is 21.4 Å². The van der Waals surface area contributed by atoms with Crippen LogP contribution in [0.15, 0.2) is 18.2 Å². The van der Waals surface area contributed by atoms with Crippen LogP contribution in [0.1, 0.15) is 12.0 Å². The normalized spacial score (nSPS) is 21.8. The predicted molar refractivity (Wildman–Crippen MR) is 66.5 cm³/mol. The zero-order valence-corrected chi connectivity index (χ0v) is 10.8. The molecule has 1 aromatic carbocycles. The highest BCUT2D eigenvalue weighted by Gasteiger charge is 2.33. The number of carbonyl (C=O) groups is 1. The number of aryl methyl sites for hydroxylation is 1. The van der Waals surface area contributed by atoms with Crippen molar-refractivity contribution in [2.24, 2.45) is 5.92 Å². The number of carbonyl (C=O) groups excluding carboxylic acids is 1. The third-order valence-corrected chi connectivity index (χ3v) is 4.82. The van der Waals surface area contributed by atoms with Gasteiger partial charge in [-0.2, -0.15) is 0 Å². The second-order valence-corrected chi connectivity index (χ2v) is 6.78. The summed E-state index contributed by atoms with van der Waals surface area (Å²) in [4.78, 5) is 11.9. The molecule has 1 amide bonds. The Morgan fingerprint density at radius 2 is 2.17 bits per heavy atom. The first-order chi connectivity index (χ1) is 8.37. The van der Waals surface area contributed by atoms with E-state index in [-0.39, 0.29) is 23.2 Å².